The minimum absolute atomic E-state index is 0.231. The molecule has 3 aromatic rings. The van der Waals surface area contributed by atoms with Crippen LogP contribution < -0.4 is 14.4 Å². The van der Waals surface area contributed by atoms with Gasteiger partial charge in [-0.2, -0.15) is 0 Å². The summed E-state index contributed by atoms with van der Waals surface area (Å²) in [6.07, 6.45) is 3.87. The Labute approximate surface area is 277 Å². The van der Waals surface area contributed by atoms with Gasteiger partial charge in [-0.05, 0) is 78.7 Å². The summed E-state index contributed by atoms with van der Waals surface area (Å²) in [7, 11) is 0. The zero-order chi connectivity index (χ0) is 31.9. The summed E-state index contributed by atoms with van der Waals surface area (Å²) in [4.78, 5) is 44.5. The quantitative estimate of drug-likeness (QED) is 0.160. The van der Waals surface area contributed by atoms with Crippen LogP contribution in [0.2, 0.25) is 10.0 Å². The highest BCUT2D eigenvalue weighted by Gasteiger charge is 2.37. The Morgan fingerprint density at radius 3 is 2.42 bits per heavy atom. The van der Waals surface area contributed by atoms with Crippen LogP contribution in [-0.4, -0.2) is 66.2 Å². The number of allylic oxidation sites excluding steroid dienone is 1. The molecule has 0 N–H and O–H groups in total. The van der Waals surface area contributed by atoms with Crippen molar-refractivity contribution in [3.63, 3.8) is 0 Å². The van der Waals surface area contributed by atoms with Crippen molar-refractivity contribution in [2.24, 2.45) is 0 Å². The Morgan fingerprint density at radius 1 is 0.978 bits per heavy atom. The third-order valence-electron chi connectivity index (χ3n) is 7.40. The van der Waals surface area contributed by atoms with E-state index >= 15 is 0 Å². The first-order chi connectivity index (χ1) is 21.8. The number of thioether (sulfide) groups is 1. The maximum atomic E-state index is 13.3. The molecular weight excluding hydrogens is 633 g/mol. The summed E-state index contributed by atoms with van der Waals surface area (Å²) >= 11 is 13.0. The highest BCUT2D eigenvalue weighted by molar-refractivity contribution is 8.18. The number of benzene rings is 3. The largest absolute Gasteiger partial charge is 0.490 e. The number of rotatable bonds is 11. The van der Waals surface area contributed by atoms with Crippen molar-refractivity contribution >= 4 is 63.8 Å². The van der Waals surface area contributed by atoms with Crippen LogP contribution in [0, 0.1) is 0 Å². The molecule has 0 unspecified atom stereocenters. The number of halogens is 2. The van der Waals surface area contributed by atoms with Crippen LogP contribution in [0.4, 0.5) is 10.5 Å². The van der Waals surface area contributed by atoms with Crippen molar-refractivity contribution < 1.29 is 23.9 Å². The van der Waals surface area contributed by atoms with Crippen molar-refractivity contribution in [1.29, 1.82) is 0 Å². The van der Waals surface area contributed by atoms with Gasteiger partial charge in [-0.3, -0.25) is 19.3 Å². The highest BCUT2D eigenvalue weighted by Crippen LogP contribution is 2.38. The lowest BCUT2D eigenvalue weighted by atomic mass is 10.0. The van der Waals surface area contributed by atoms with E-state index in [4.69, 9.17) is 32.7 Å². The van der Waals surface area contributed by atoms with Crippen molar-refractivity contribution in [3.8, 4) is 11.5 Å². The van der Waals surface area contributed by atoms with Gasteiger partial charge in [0.05, 0.1) is 21.6 Å². The molecule has 3 amide bonds. The van der Waals surface area contributed by atoms with E-state index in [1.807, 2.05) is 49.4 Å². The number of nitrogens with zero attached hydrogens (tertiary/aromatic N) is 3. The van der Waals surface area contributed by atoms with Gasteiger partial charge in [-0.25, -0.2) is 0 Å². The van der Waals surface area contributed by atoms with Gasteiger partial charge in [0.1, 0.15) is 13.2 Å². The van der Waals surface area contributed by atoms with E-state index in [0.29, 0.717) is 66.3 Å². The average molecular weight is 667 g/mol. The Morgan fingerprint density at radius 2 is 1.73 bits per heavy atom. The number of hydrogen-bond donors (Lipinski definition) is 0. The van der Waals surface area contributed by atoms with Gasteiger partial charge < -0.3 is 19.3 Å². The van der Waals surface area contributed by atoms with Crippen molar-refractivity contribution in [1.82, 2.24) is 9.80 Å². The van der Waals surface area contributed by atoms with Crippen LogP contribution in [0.25, 0.3) is 6.08 Å². The minimum Gasteiger partial charge on any atom is -0.490 e. The molecule has 0 atom stereocenters. The number of carbonyl (C=O) groups is 3. The molecule has 2 aliphatic heterocycles. The number of hydrogen-bond acceptors (Lipinski definition) is 7. The molecule has 0 aliphatic carbocycles. The van der Waals surface area contributed by atoms with E-state index < -0.39 is 11.1 Å². The molecule has 2 heterocycles. The number of imide groups is 1. The molecule has 2 fully saturated rings. The Balaban J connectivity index is 1.29. The summed E-state index contributed by atoms with van der Waals surface area (Å²) in [5, 5.41) is 0.425. The molecule has 0 bridgehead atoms. The molecule has 5 rings (SSSR count). The zero-order valence-corrected chi connectivity index (χ0v) is 27.2. The molecule has 0 aromatic heterocycles. The molecule has 3 aromatic carbocycles. The minimum atomic E-state index is -0.496. The molecule has 234 valence electrons. The SMILES string of the molecule is C=CCc1cc(/C=C2/SC(=O)N(CC(=O)N3CCN(c4ccccc4)CC3)C2=O)cc(OCC)c1OCc1ccc(Cl)c(Cl)c1. The number of ether oxygens (including phenoxy) is 2. The normalized spacial score (nSPS) is 16.0. The second-order valence-electron chi connectivity index (χ2n) is 10.4. The fourth-order valence-electron chi connectivity index (χ4n) is 5.16. The van der Waals surface area contributed by atoms with E-state index in [1.165, 1.54) is 0 Å². The van der Waals surface area contributed by atoms with E-state index in [-0.39, 0.29) is 24.0 Å². The predicted octanol–water partition coefficient (Wildman–Crippen LogP) is 7.08. The topological polar surface area (TPSA) is 79.4 Å². The Hall–Kier alpha value is -3.92. The number of amides is 3. The summed E-state index contributed by atoms with van der Waals surface area (Å²) in [6.45, 7) is 8.47. The lowest BCUT2D eigenvalue weighted by molar-refractivity contribution is -0.136. The molecule has 0 spiro atoms. The summed E-state index contributed by atoms with van der Waals surface area (Å²) in [6, 6.07) is 19.0. The third-order valence-corrected chi connectivity index (χ3v) is 9.05. The number of carbonyl (C=O) groups excluding carboxylic acids is 3. The Kier molecular flexibility index (Phi) is 10.8. The molecule has 0 saturated carbocycles. The first kappa shape index (κ1) is 32.5. The van der Waals surface area contributed by atoms with Crippen molar-refractivity contribution in [2.75, 3.05) is 44.2 Å². The fraction of sp³-hybridized carbons (Fsp3) is 0.265. The molecular formula is C34H33Cl2N3O5S. The zero-order valence-electron chi connectivity index (χ0n) is 24.8. The molecule has 8 nitrogen and oxygen atoms in total. The van der Waals surface area contributed by atoms with Gasteiger partial charge in [0.2, 0.25) is 5.91 Å². The standard InChI is InChI=1S/C34H33Cl2N3O5S/c1-3-8-25-17-24(19-29(43-4-2)32(25)44-22-23-11-12-27(35)28(36)18-23)20-30-33(41)39(34(42)45-30)21-31(40)38-15-13-37(14-16-38)26-9-6-5-7-10-26/h3,5-7,9-12,17-20H,1,4,8,13-16,21-22H2,2H3/b30-20+. The Bertz CT molecular complexity index is 1620. The van der Waals surface area contributed by atoms with Gasteiger partial charge in [-0.15, -0.1) is 6.58 Å². The van der Waals surface area contributed by atoms with Crippen LogP contribution in [-0.2, 0) is 22.6 Å². The van der Waals surface area contributed by atoms with Gasteiger partial charge in [0.15, 0.2) is 11.5 Å². The molecule has 2 aliphatic rings. The van der Waals surface area contributed by atoms with Crippen LogP contribution in [0.1, 0.15) is 23.6 Å². The van der Waals surface area contributed by atoms with Gasteiger partial charge >= 0.3 is 0 Å². The maximum absolute atomic E-state index is 13.3. The number of piperazine rings is 1. The number of para-hydroxylation sites is 1. The second-order valence-corrected chi connectivity index (χ2v) is 12.2. The predicted molar refractivity (Wildman–Crippen MR) is 180 cm³/mol. The summed E-state index contributed by atoms with van der Waals surface area (Å²) < 4.78 is 12.1. The highest BCUT2D eigenvalue weighted by atomic mass is 35.5. The van der Waals surface area contributed by atoms with E-state index in [0.717, 1.165) is 33.5 Å². The van der Waals surface area contributed by atoms with E-state index in [9.17, 15) is 14.4 Å². The molecule has 0 radical (unpaired) electrons. The molecule has 45 heavy (non-hydrogen) atoms. The van der Waals surface area contributed by atoms with Gasteiger partial charge in [0.25, 0.3) is 11.1 Å². The first-order valence-electron chi connectivity index (χ1n) is 14.6. The fourth-order valence-corrected chi connectivity index (χ4v) is 6.32. The summed E-state index contributed by atoms with van der Waals surface area (Å²) in [5.41, 5.74) is 3.40. The van der Waals surface area contributed by atoms with Crippen molar-refractivity contribution in [2.45, 2.75) is 20.0 Å². The van der Waals surface area contributed by atoms with Crippen LogP contribution in [0.3, 0.4) is 0 Å². The molecule has 2 saturated heterocycles. The lowest BCUT2D eigenvalue weighted by Crippen LogP contribution is -2.51. The van der Waals surface area contributed by atoms with Crippen LogP contribution in [0.15, 0.2) is 78.2 Å². The lowest BCUT2D eigenvalue weighted by Gasteiger charge is -2.36. The number of anilines is 1. The van der Waals surface area contributed by atoms with Crippen LogP contribution >= 0.6 is 35.0 Å². The second kappa shape index (κ2) is 14.9. The van der Waals surface area contributed by atoms with Gasteiger partial charge in [0, 0.05) is 37.4 Å². The third kappa shape index (κ3) is 7.84. The van der Waals surface area contributed by atoms with Crippen LogP contribution in [0.5, 0.6) is 11.5 Å². The van der Waals surface area contributed by atoms with E-state index in [1.54, 1.807) is 35.3 Å². The first-order valence-corrected chi connectivity index (χ1v) is 16.1. The van der Waals surface area contributed by atoms with Crippen molar-refractivity contribution in [3.05, 3.63) is 105 Å². The maximum Gasteiger partial charge on any atom is 0.294 e. The molecule has 11 heteroatoms. The average Bonchev–Trinajstić information content (AvgIpc) is 3.30. The summed E-state index contributed by atoms with van der Waals surface area (Å²) in [5.74, 6) is 0.296. The monoisotopic (exact) mass is 665 g/mol. The smallest absolute Gasteiger partial charge is 0.294 e. The van der Waals surface area contributed by atoms with E-state index in [2.05, 4.69) is 11.5 Å². The van der Waals surface area contributed by atoms with Gasteiger partial charge in [-0.1, -0.05) is 53.5 Å².